The molecule has 0 saturated heterocycles. The monoisotopic (exact) mass is 255 g/mol. The van der Waals surface area contributed by atoms with Crippen molar-refractivity contribution in [3.63, 3.8) is 0 Å². The van der Waals surface area contributed by atoms with Gasteiger partial charge in [-0.1, -0.05) is 61.3 Å². The third kappa shape index (κ3) is 8.13. The summed E-state index contributed by atoms with van der Waals surface area (Å²) >= 11 is 0. The zero-order valence-corrected chi connectivity index (χ0v) is 14.0. The molecule has 0 aliphatic rings. The van der Waals surface area contributed by atoms with Crippen LogP contribution in [0.2, 0.25) is 0 Å². The summed E-state index contributed by atoms with van der Waals surface area (Å²) in [6, 6.07) is 0. The highest BCUT2D eigenvalue weighted by Crippen LogP contribution is 2.41. The van der Waals surface area contributed by atoms with Gasteiger partial charge in [-0.25, -0.2) is 0 Å². The van der Waals surface area contributed by atoms with E-state index in [9.17, 15) is 0 Å². The summed E-state index contributed by atoms with van der Waals surface area (Å²) < 4.78 is 0. The van der Waals surface area contributed by atoms with Gasteiger partial charge in [0.05, 0.1) is 0 Å². The first-order valence-electron chi connectivity index (χ1n) is 7.97. The van der Waals surface area contributed by atoms with Crippen LogP contribution in [0.25, 0.3) is 0 Å². The fourth-order valence-corrected chi connectivity index (χ4v) is 3.62. The van der Waals surface area contributed by atoms with Crippen molar-refractivity contribution in [2.24, 2.45) is 16.7 Å². The molecular weight excluding hydrogens is 218 g/mol. The predicted molar refractivity (Wildman–Crippen MR) is 84.0 cm³/mol. The Morgan fingerprint density at radius 1 is 0.944 bits per heavy atom. The average Bonchev–Trinajstić information content (AvgIpc) is 2.22. The summed E-state index contributed by atoms with van der Waals surface area (Å²) in [6.45, 7) is 18.9. The molecule has 0 heterocycles. The fourth-order valence-electron chi connectivity index (χ4n) is 3.62. The number of hydrogen-bond acceptors (Lipinski definition) is 1. The molecule has 110 valence electrons. The molecule has 0 aliphatic heterocycles. The van der Waals surface area contributed by atoms with Crippen molar-refractivity contribution >= 4 is 0 Å². The lowest BCUT2D eigenvalue weighted by atomic mass is 9.69. The molecule has 1 unspecified atom stereocenters. The molecular formula is C17H37N. The lowest BCUT2D eigenvalue weighted by Gasteiger charge is -2.37. The Labute approximate surface area is 116 Å². The SMILES string of the molecule is CCCC(C)(C)CC(C)(C)CC(CC)CNCC. The van der Waals surface area contributed by atoms with Crippen LogP contribution in [-0.4, -0.2) is 13.1 Å². The van der Waals surface area contributed by atoms with Crippen molar-refractivity contribution in [2.75, 3.05) is 13.1 Å². The van der Waals surface area contributed by atoms with Crippen LogP contribution in [-0.2, 0) is 0 Å². The molecule has 0 radical (unpaired) electrons. The van der Waals surface area contributed by atoms with Gasteiger partial charge < -0.3 is 5.32 Å². The van der Waals surface area contributed by atoms with E-state index in [1.54, 1.807) is 0 Å². The minimum atomic E-state index is 0.467. The fraction of sp³-hybridized carbons (Fsp3) is 1.00. The van der Waals surface area contributed by atoms with E-state index in [0.29, 0.717) is 10.8 Å². The Bertz CT molecular complexity index is 206. The van der Waals surface area contributed by atoms with Crippen molar-refractivity contribution in [1.29, 1.82) is 0 Å². The second kappa shape index (κ2) is 8.19. The van der Waals surface area contributed by atoms with Crippen molar-refractivity contribution in [2.45, 2.75) is 80.6 Å². The molecule has 0 aromatic rings. The number of hydrogen-bond donors (Lipinski definition) is 1. The summed E-state index contributed by atoms with van der Waals surface area (Å²) in [6.07, 6.45) is 6.64. The first-order valence-corrected chi connectivity index (χ1v) is 7.97. The standard InChI is InChI=1S/C17H37N/c1-8-11-16(4,5)14-17(6,7)12-15(9-2)13-18-10-3/h15,18H,8-14H2,1-7H3. The highest BCUT2D eigenvalue weighted by atomic mass is 14.8. The van der Waals surface area contributed by atoms with Gasteiger partial charge in [-0.15, -0.1) is 0 Å². The molecule has 0 saturated carbocycles. The Hall–Kier alpha value is -0.0400. The highest BCUT2D eigenvalue weighted by molar-refractivity contribution is 4.81. The van der Waals surface area contributed by atoms with Crippen LogP contribution in [0.5, 0.6) is 0 Å². The first-order chi connectivity index (χ1) is 8.26. The minimum Gasteiger partial charge on any atom is -0.317 e. The zero-order valence-electron chi connectivity index (χ0n) is 14.0. The quantitative estimate of drug-likeness (QED) is 0.562. The molecule has 1 N–H and O–H groups in total. The second-order valence-electron chi connectivity index (χ2n) is 7.54. The number of nitrogens with one attached hydrogen (secondary N) is 1. The summed E-state index contributed by atoms with van der Waals surface area (Å²) in [7, 11) is 0. The molecule has 0 spiro atoms. The average molecular weight is 255 g/mol. The molecule has 18 heavy (non-hydrogen) atoms. The third-order valence-corrected chi connectivity index (χ3v) is 3.99. The van der Waals surface area contributed by atoms with Gasteiger partial charge in [-0.05, 0) is 49.1 Å². The van der Waals surface area contributed by atoms with Crippen LogP contribution < -0.4 is 5.32 Å². The predicted octanol–water partition coefficient (Wildman–Crippen LogP) is 5.25. The maximum Gasteiger partial charge on any atom is -0.00205 e. The third-order valence-electron chi connectivity index (χ3n) is 3.99. The zero-order chi connectivity index (χ0) is 14.2. The normalized spacial score (nSPS) is 14.8. The first kappa shape index (κ1) is 18.0. The maximum absolute atomic E-state index is 3.51. The molecule has 0 aromatic heterocycles. The van der Waals surface area contributed by atoms with E-state index in [0.717, 1.165) is 12.5 Å². The summed E-state index contributed by atoms with van der Waals surface area (Å²) in [5.74, 6) is 0.831. The van der Waals surface area contributed by atoms with Crippen molar-refractivity contribution in [1.82, 2.24) is 5.32 Å². The van der Waals surface area contributed by atoms with Gasteiger partial charge in [0, 0.05) is 0 Å². The lowest BCUT2D eigenvalue weighted by molar-refractivity contribution is 0.146. The highest BCUT2D eigenvalue weighted by Gasteiger charge is 2.29. The Morgan fingerprint density at radius 2 is 1.56 bits per heavy atom. The summed E-state index contributed by atoms with van der Waals surface area (Å²) in [5, 5.41) is 3.51. The van der Waals surface area contributed by atoms with E-state index in [2.05, 4.69) is 53.8 Å². The largest absolute Gasteiger partial charge is 0.317 e. The topological polar surface area (TPSA) is 12.0 Å². The molecule has 0 amide bonds. The molecule has 1 heteroatoms. The summed E-state index contributed by atoms with van der Waals surface area (Å²) in [4.78, 5) is 0. The van der Waals surface area contributed by atoms with Gasteiger partial charge in [0.25, 0.3) is 0 Å². The number of rotatable bonds is 10. The van der Waals surface area contributed by atoms with Gasteiger partial charge in [0.2, 0.25) is 0 Å². The molecule has 0 fully saturated rings. The molecule has 1 nitrogen and oxygen atoms in total. The molecule has 0 rings (SSSR count). The van der Waals surface area contributed by atoms with E-state index >= 15 is 0 Å². The van der Waals surface area contributed by atoms with E-state index in [-0.39, 0.29) is 0 Å². The van der Waals surface area contributed by atoms with Crippen LogP contribution in [0.4, 0.5) is 0 Å². The van der Waals surface area contributed by atoms with Crippen LogP contribution in [0.3, 0.4) is 0 Å². The van der Waals surface area contributed by atoms with Crippen LogP contribution >= 0.6 is 0 Å². The summed E-state index contributed by atoms with van der Waals surface area (Å²) in [5.41, 5.74) is 0.962. The Kier molecular flexibility index (Phi) is 8.18. The Morgan fingerprint density at radius 3 is 2.00 bits per heavy atom. The van der Waals surface area contributed by atoms with Gasteiger partial charge in [-0.2, -0.15) is 0 Å². The van der Waals surface area contributed by atoms with Crippen LogP contribution in [0.1, 0.15) is 80.6 Å². The van der Waals surface area contributed by atoms with Crippen molar-refractivity contribution < 1.29 is 0 Å². The lowest BCUT2D eigenvalue weighted by Crippen LogP contribution is -2.30. The van der Waals surface area contributed by atoms with E-state index in [1.165, 1.54) is 38.6 Å². The second-order valence-corrected chi connectivity index (χ2v) is 7.54. The van der Waals surface area contributed by atoms with E-state index in [4.69, 9.17) is 0 Å². The molecule has 1 atom stereocenters. The van der Waals surface area contributed by atoms with Crippen LogP contribution in [0, 0.1) is 16.7 Å². The van der Waals surface area contributed by atoms with E-state index in [1.807, 2.05) is 0 Å². The van der Waals surface area contributed by atoms with Gasteiger partial charge >= 0.3 is 0 Å². The molecule has 0 aromatic carbocycles. The Balaban J connectivity index is 4.34. The van der Waals surface area contributed by atoms with Gasteiger partial charge in [-0.3, -0.25) is 0 Å². The van der Waals surface area contributed by atoms with Gasteiger partial charge in [0.1, 0.15) is 0 Å². The molecule has 0 aliphatic carbocycles. The maximum atomic E-state index is 3.51. The van der Waals surface area contributed by atoms with Gasteiger partial charge in [0.15, 0.2) is 0 Å². The van der Waals surface area contributed by atoms with Crippen molar-refractivity contribution in [3.05, 3.63) is 0 Å². The minimum absolute atomic E-state index is 0.467. The van der Waals surface area contributed by atoms with Crippen LogP contribution in [0.15, 0.2) is 0 Å². The van der Waals surface area contributed by atoms with Crippen molar-refractivity contribution in [3.8, 4) is 0 Å². The molecule has 0 bridgehead atoms. The van der Waals surface area contributed by atoms with E-state index < -0.39 is 0 Å². The smallest absolute Gasteiger partial charge is 0.00205 e.